The highest BCUT2D eigenvalue weighted by Gasteiger charge is 2.77. The zero-order chi connectivity index (χ0) is 66.7. The van der Waals surface area contributed by atoms with Crippen LogP contribution in [0.5, 0.6) is 0 Å². The lowest BCUT2D eigenvalue weighted by molar-refractivity contribution is -0.296. The number of amides is 4. The number of ketones is 1. The Balaban J connectivity index is 0.961. The number of nitrogens with zero attached hydrogens (tertiary/aromatic N) is 2. The molecule has 5 N–H and O–H groups in total. The molecule has 0 radical (unpaired) electrons. The number of likely N-dealkylation sites (tertiary alicyclic amines) is 1. The van der Waals surface area contributed by atoms with Gasteiger partial charge < -0.3 is 59.5 Å². The van der Waals surface area contributed by atoms with E-state index in [1.54, 1.807) is 112 Å². The molecule has 488 valence electrons. The van der Waals surface area contributed by atoms with Gasteiger partial charge in [-0.25, -0.2) is 14.4 Å². The normalized spacial score (nSPS) is 26.8. The first kappa shape index (κ1) is 66.3. The zero-order valence-corrected chi connectivity index (χ0v) is 52.5. The smallest absolute Gasteiger partial charge is 0.458 e. The Hall–Kier alpha value is -9.61. The van der Waals surface area contributed by atoms with E-state index in [-0.39, 0.29) is 40.7 Å². The van der Waals surface area contributed by atoms with E-state index < -0.39 is 155 Å². The zero-order valence-electron chi connectivity index (χ0n) is 52.5. The van der Waals surface area contributed by atoms with Crippen LogP contribution in [0.2, 0.25) is 0 Å². The number of carbonyl (C=O) groups is 10. The molecule has 10 rings (SSSR count). The number of rotatable bonds is 18. The lowest BCUT2D eigenvalue weighted by Gasteiger charge is -2.68. The lowest BCUT2D eigenvalue weighted by Crippen LogP contribution is -2.78. The van der Waals surface area contributed by atoms with E-state index in [9.17, 15) is 48.6 Å². The molecule has 13 atom stereocenters. The molecule has 23 heteroatoms. The lowest BCUT2D eigenvalue weighted by atomic mass is 9.41. The van der Waals surface area contributed by atoms with Gasteiger partial charge in [-0.1, -0.05) is 92.7 Å². The number of aliphatic hydroxyl groups is 2. The van der Waals surface area contributed by atoms with Crippen LogP contribution in [0, 0.1) is 22.7 Å². The van der Waals surface area contributed by atoms with Crippen LogP contribution in [0.15, 0.2) is 151 Å². The summed E-state index contributed by atoms with van der Waals surface area (Å²) in [4.78, 5) is 147. The molecule has 5 aromatic rings. The number of ether oxygens (including phenoxy) is 6. The fourth-order valence-corrected chi connectivity index (χ4v) is 14.4. The van der Waals surface area contributed by atoms with Crippen molar-refractivity contribution in [2.45, 2.75) is 153 Å². The molecule has 4 amide bonds. The predicted octanol–water partition coefficient (Wildman–Crippen LogP) is 7.25. The third kappa shape index (κ3) is 13.0. The number of fused-ring (bicyclic) bond motifs is 5. The van der Waals surface area contributed by atoms with Gasteiger partial charge in [0.05, 0.1) is 23.0 Å². The Labute approximate surface area is 536 Å². The van der Waals surface area contributed by atoms with Gasteiger partial charge in [0.2, 0.25) is 17.9 Å². The van der Waals surface area contributed by atoms with Crippen molar-refractivity contribution in [1.82, 2.24) is 20.5 Å². The van der Waals surface area contributed by atoms with Crippen molar-refractivity contribution in [2.75, 3.05) is 11.9 Å². The van der Waals surface area contributed by atoms with E-state index >= 15 is 9.59 Å². The number of hydrogen-bond acceptors (Lipinski definition) is 19. The van der Waals surface area contributed by atoms with Crippen LogP contribution >= 0.6 is 0 Å². The fourth-order valence-electron chi connectivity index (χ4n) is 14.4. The van der Waals surface area contributed by atoms with Gasteiger partial charge in [0.1, 0.15) is 48.1 Å². The molecule has 2 heterocycles. The first-order valence-electron chi connectivity index (χ1n) is 30.9. The molecule has 1 aliphatic heterocycles. The Morgan fingerprint density at radius 1 is 0.742 bits per heavy atom. The molecule has 2 bridgehead atoms. The maximum atomic E-state index is 16.0. The average molecular weight is 1270 g/mol. The molecule has 0 spiro atoms. The van der Waals surface area contributed by atoms with E-state index in [1.807, 2.05) is 0 Å². The van der Waals surface area contributed by atoms with Crippen molar-refractivity contribution >= 4 is 65.1 Å². The van der Waals surface area contributed by atoms with E-state index in [1.165, 1.54) is 74.5 Å². The Morgan fingerprint density at radius 2 is 1.35 bits per heavy atom. The number of pyridine rings is 1. The SMILES string of the molecule is CC(=O)O[C@H]1C(=O)[C@@]2(C)C([C@H](OC(=O)c3ccccc3)[C@]3(O)C[C@H](OC(=O)[C@H](OC(=O)OCc4ccc(NC(=O)[C@@H]5CCCN5C(=O)[C@@H](C)NC(=O)c5ccncc5)cc4)[C@@H](NC(=O)c4ccccc4)c4ccccc4)C(C)=C1C3(C)C)[C@]1(OC(C)=O)CC[C@@H]1C[C@@H]2O. The summed E-state index contributed by atoms with van der Waals surface area (Å²) in [5.74, 6) is -9.05. The number of aromatic nitrogens is 1. The number of aliphatic hydroxyl groups excluding tert-OH is 1. The molecule has 5 aliphatic rings. The molecule has 1 saturated heterocycles. The van der Waals surface area contributed by atoms with Crippen LogP contribution < -0.4 is 16.0 Å². The minimum absolute atomic E-state index is 0.0400. The highest BCUT2D eigenvalue weighted by molar-refractivity contribution is 6.01. The van der Waals surface area contributed by atoms with Crippen LogP contribution in [-0.2, 0) is 63.8 Å². The molecule has 3 saturated carbocycles. The monoisotopic (exact) mass is 1270 g/mol. The first-order valence-corrected chi connectivity index (χ1v) is 30.9. The van der Waals surface area contributed by atoms with E-state index in [4.69, 9.17) is 28.4 Å². The molecule has 1 unspecified atom stereocenters. The fraction of sp³-hybridized carbons (Fsp3) is 0.414. The summed E-state index contributed by atoms with van der Waals surface area (Å²) in [7, 11) is 0. The van der Waals surface area contributed by atoms with Crippen molar-refractivity contribution in [3.8, 4) is 0 Å². The first-order chi connectivity index (χ1) is 44.3. The number of anilines is 1. The Kier molecular flexibility index (Phi) is 19.2. The molecular formula is C70H75N5O18. The quantitative estimate of drug-likeness (QED) is 0.0327. The van der Waals surface area contributed by atoms with Gasteiger partial charge in [-0.2, -0.15) is 0 Å². The number of nitrogens with one attached hydrogen (secondary N) is 3. The summed E-state index contributed by atoms with van der Waals surface area (Å²) >= 11 is 0. The number of Topliss-reactive ketones (excluding diaryl/α,β-unsaturated/α-hetero) is 1. The summed E-state index contributed by atoms with van der Waals surface area (Å²) in [5, 5.41) is 34.9. The van der Waals surface area contributed by atoms with Gasteiger partial charge in [-0.15, -0.1) is 0 Å². The minimum atomic E-state index is -2.49. The number of carbonyl (C=O) groups excluding carboxylic acids is 10. The predicted molar refractivity (Wildman–Crippen MR) is 331 cm³/mol. The second-order valence-corrected chi connectivity index (χ2v) is 25.2. The molecular weight excluding hydrogens is 1200 g/mol. The van der Waals surface area contributed by atoms with Gasteiger partial charge in [0, 0.05) is 67.4 Å². The summed E-state index contributed by atoms with van der Waals surface area (Å²) in [6, 6.07) is 29.8. The van der Waals surface area contributed by atoms with Gasteiger partial charge in [0.25, 0.3) is 11.8 Å². The second-order valence-electron chi connectivity index (χ2n) is 25.2. The topological polar surface area (TPSA) is 319 Å². The van der Waals surface area contributed by atoms with Crippen molar-refractivity contribution in [3.05, 3.63) is 179 Å². The molecule has 1 aromatic heterocycles. The van der Waals surface area contributed by atoms with Crippen molar-refractivity contribution in [3.63, 3.8) is 0 Å². The van der Waals surface area contributed by atoms with Crippen LogP contribution in [0.3, 0.4) is 0 Å². The van der Waals surface area contributed by atoms with E-state index in [0.29, 0.717) is 42.6 Å². The number of hydrogen-bond donors (Lipinski definition) is 5. The third-order valence-electron chi connectivity index (χ3n) is 19.3. The van der Waals surface area contributed by atoms with Crippen molar-refractivity contribution in [1.29, 1.82) is 0 Å². The second kappa shape index (κ2) is 26.9. The molecule has 23 nitrogen and oxygen atoms in total. The summed E-state index contributed by atoms with van der Waals surface area (Å²) in [6.45, 7) is 9.67. The molecule has 4 aliphatic carbocycles. The number of benzene rings is 4. The summed E-state index contributed by atoms with van der Waals surface area (Å²) in [6.07, 6.45) is -6.80. The molecule has 4 aromatic carbocycles. The highest BCUT2D eigenvalue weighted by Crippen LogP contribution is 2.67. The Morgan fingerprint density at radius 3 is 1.97 bits per heavy atom. The number of esters is 4. The third-order valence-corrected chi connectivity index (χ3v) is 19.3. The maximum absolute atomic E-state index is 16.0. The standard InChI is InChI=1S/C70H75N5O18/c1-39-51(37-70(87)59(92-64(84)47-22-15-10-16-23-47)57-68(7,52(78)36-48-29-32-69(48,57)93-42(4)77)58(79)55(89-41(3)76)53(39)67(70,5)6)90-65(85)56(54(44-18-11-8-12-19-44)74-61(81)45-20-13-9-14-21-45)91-66(86)88-38-43-25-27-49(28-26-43)73-62(82)50-24-17-35-75(50)63(83)40(2)72-60(80)46-30-33-71-34-31-46/h8-16,18-23,25-28,30-31,33-34,40,48,50-52,54-57,59,78,87H,17,24,29,32,35-38H2,1-7H3,(H,72,80)(H,73,82)(H,74,81)/t40-,48-,50+,51+,52+,54+,55-,56-,57?,59+,68-,69+,70-/m1/s1. The highest BCUT2D eigenvalue weighted by atomic mass is 16.7. The van der Waals surface area contributed by atoms with Crippen molar-refractivity contribution < 1.29 is 86.6 Å². The van der Waals surface area contributed by atoms with Gasteiger partial charge in [-0.05, 0) is 124 Å². The molecule has 93 heavy (non-hydrogen) atoms. The van der Waals surface area contributed by atoms with Crippen LogP contribution in [0.1, 0.15) is 135 Å². The maximum Gasteiger partial charge on any atom is 0.509 e. The van der Waals surface area contributed by atoms with E-state index in [0.717, 1.165) is 6.92 Å². The van der Waals surface area contributed by atoms with Crippen LogP contribution in [0.4, 0.5) is 10.5 Å². The Bertz CT molecular complexity index is 3720. The summed E-state index contributed by atoms with van der Waals surface area (Å²) < 4.78 is 36.9. The average Bonchev–Trinajstić information content (AvgIpc) is 0.787. The van der Waals surface area contributed by atoms with Crippen LogP contribution in [-0.4, -0.2) is 140 Å². The minimum Gasteiger partial charge on any atom is -0.458 e. The van der Waals surface area contributed by atoms with Gasteiger partial charge in [0.15, 0.2) is 11.9 Å². The van der Waals surface area contributed by atoms with Gasteiger partial charge in [-0.3, -0.25) is 38.5 Å². The summed E-state index contributed by atoms with van der Waals surface area (Å²) in [5.41, 5.74) is -6.45. The largest absolute Gasteiger partial charge is 0.509 e. The van der Waals surface area contributed by atoms with Crippen molar-refractivity contribution in [2.24, 2.45) is 22.7 Å². The molecule has 4 fully saturated rings. The van der Waals surface area contributed by atoms with Crippen LogP contribution in [0.25, 0.3) is 0 Å². The van der Waals surface area contributed by atoms with Gasteiger partial charge >= 0.3 is 30.0 Å². The van der Waals surface area contributed by atoms with E-state index in [2.05, 4.69) is 20.9 Å².